The van der Waals surface area contributed by atoms with Crippen LogP contribution in [0.25, 0.3) is 106 Å². The Balaban J connectivity index is 1.08. The van der Waals surface area contributed by atoms with Gasteiger partial charge in [-0.2, -0.15) is 15.0 Å². The lowest BCUT2D eigenvalue weighted by Gasteiger charge is -2.10. The quantitative estimate of drug-likeness (QED) is 0.177. The van der Waals surface area contributed by atoms with E-state index in [1.54, 1.807) is 0 Å². The summed E-state index contributed by atoms with van der Waals surface area (Å²) in [5.74, 6) is 2.35. The zero-order chi connectivity index (χ0) is 36.7. The average molecular weight is 720 g/mol. The molecule has 0 amide bonds. The fourth-order valence-electron chi connectivity index (χ4n) is 8.22. The van der Waals surface area contributed by atoms with Crippen molar-refractivity contribution in [2.45, 2.75) is 0 Å². The van der Waals surface area contributed by atoms with Crippen LogP contribution in [0.2, 0.25) is 0 Å². The molecule has 0 aliphatic heterocycles. The molecule has 0 saturated heterocycles. The van der Waals surface area contributed by atoms with Gasteiger partial charge in [0.25, 0.3) is 0 Å². The van der Waals surface area contributed by atoms with Gasteiger partial charge in [-0.15, -0.1) is 0 Å². The molecule has 0 unspecified atom stereocenters. The van der Waals surface area contributed by atoms with Gasteiger partial charge in [0, 0.05) is 38.5 Å². The molecule has 0 aliphatic rings. The van der Waals surface area contributed by atoms with Crippen molar-refractivity contribution in [2.75, 3.05) is 0 Å². The van der Waals surface area contributed by atoms with E-state index < -0.39 is 0 Å². The highest BCUT2D eigenvalue weighted by atomic mass is 16.3. The molecule has 5 aromatic heterocycles. The number of furan rings is 1. The van der Waals surface area contributed by atoms with Crippen molar-refractivity contribution in [3.8, 4) is 45.5 Å². The van der Waals surface area contributed by atoms with E-state index in [0.29, 0.717) is 17.6 Å². The Morgan fingerprint density at radius 3 is 1.80 bits per heavy atom. The van der Waals surface area contributed by atoms with Gasteiger partial charge >= 0.3 is 0 Å². The lowest BCUT2D eigenvalue weighted by molar-refractivity contribution is 0.670. The monoisotopic (exact) mass is 719 g/mol. The molecule has 5 heterocycles. The predicted molar refractivity (Wildman–Crippen MR) is 223 cm³/mol. The molecule has 0 spiro atoms. The standard InChI is InChI=1S/C48H29N7O/c1-3-14-31(15-4-1)44-49-45(32-28-26-30(27-29-32)34-20-13-21-36-35-18-8-12-25-41(35)56-43(34)36)51-47(50-44)55-40-24-11-10-23-39(40)54-42-37-19-7-9-22-38(37)53(46(42)52-48(54)55)33-16-5-2-6-17-33/h1-29H. The normalized spacial score (nSPS) is 11.9. The molecule has 0 bridgehead atoms. The van der Waals surface area contributed by atoms with Gasteiger partial charge in [-0.25, -0.2) is 9.55 Å². The molecule has 0 saturated carbocycles. The second kappa shape index (κ2) is 11.8. The first-order chi connectivity index (χ1) is 27.8. The number of imidazole rings is 2. The van der Waals surface area contributed by atoms with Crippen LogP contribution in [-0.2, 0) is 0 Å². The molecular formula is C48H29N7O. The molecule has 8 heteroatoms. The number of benzene rings is 7. The van der Waals surface area contributed by atoms with Crippen LogP contribution in [0.3, 0.4) is 0 Å². The highest BCUT2D eigenvalue weighted by molar-refractivity contribution is 6.10. The van der Waals surface area contributed by atoms with Crippen LogP contribution in [-0.4, -0.2) is 33.5 Å². The Bertz CT molecular complexity index is 3470. The lowest BCUT2D eigenvalue weighted by Crippen LogP contribution is -2.07. The van der Waals surface area contributed by atoms with Crippen LogP contribution >= 0.6 is 0 Å². The number of hydrogen-bond acceptors (Lipinski definition) is 5. The number of para-hydroxylation sites is 6. The molecule has 8 nitrogen and oxygen atoms in total. The lowest BCUT2D eigenvalue weighted by atomic mass is 10.0. The minimum atomic E-state index is 0.486. The predicted octanol–water partition coefficient (Wildman–Crippen LogP) is 11.5. The maximum Gasteiger partial charge on any atom is 0.241 e. The van der Waals surface area contributed by atoms with Gasteiger partial charge in [-0.05, 0) is 42.0 Å². The van der Waals surface area contributed by atoms with Crippen molar-refractivity contribution in [1.29, 1.82) is 0 Å². The highest BCUT2D eigenvalue weighted by Gasteiger charge is 2.25. The zero-order valence-corrected chi connectivity index (χ0v) is 29.8. The van der Waals surface area contributed by atoms with Crippen molar-refractivity contribution >= 4 is 60.8 Å². The maximum atomic E-state index is 6.37. The minimum absolute atomic E-state index is 0.486. The smallest absolute Gasteiger partial charge is 0.241 e. The molecular weight excluding hydrogens is 691 g/mol. The Morgan fingerprint density at radius 2 is 1.02 bits per heavy atom. The van der Waals surface area contributed by atoms with Crippen molar-refractivity contribution in [3.63, 3.8) is 0 Å². The molecule has 56 heavy (non-hydrogen) atoms. The first-order valence-electron chi connectivity index (χ1n) is 18.6. The maximum absolute atomic E-state index is 6.37. The summed E-state index contributed by atoms with van der Waals surface area (Å²) in [4.78, 5) is 20.8. The Kier molecular flexibility index (Phi) is 6.47. The average Bonchev–Trinajstić information content (AvgIpc) is 4.00. The van der Waals surface area contributed by atoms with E-state index in [-0.39, 0.29) is 0 Å². The highest BCUT2D eigenvalue weighted by Crippen LogP contribution is 2.38. The molecule has 12 aromatic rings. The fourth-order valence-corrected chi connectivity index (χ4v) is 8.22. The van der Waals surface area contributed by atoms with Crippen molar-refractivity contribution in [2.24, 2.45) is 0 Å². The molecule has 12 rings (SSSR count). The first-order valence-corrected chi connectivity index (χ1v) is 18.6. The Hall–Kier alpha value is -7.84. The van der Waals surface area contributed by atoms with Gasteiger partial charge in [-0.3, -0.25) is 8.97 Å². The third-order valence-electron chi connectivity index (χ3n) is 10.7. The van der Waals surface area contributed by atoms with E-state index in [9.17, 15) is 0 Å². The van der Waals surface area contributed by atoms with E-state index in [2.05, 4.69) is 129 Å². The molecule has 262 valence electrons. The number of rotatable bonds is 5. The van der Waals surface area contributed by atoms with Gasteiger partial charge in [0.2, 0.25) is 11.7 Å². The van der Waals surface area contributed by atoms with Gasteiger partial charge in [0.05, 0.1) is 16.6 Å². The second-order valence-electron chi connectivity index (χ2n) is 13.9. The van der Waals surface area contributed by atoms with Crippen LogP contribution in [0.4, 0.5) is 0 Å². The number of fused-ring (bicyclic) bond motifs is 10. The van der Waals surface area contributed by atoms with Crippen LogP contribution in [0, 0.1) is 0 Å². The summed E-state index contributed by atoms with van der Waals surface area (Å²) in [7, 11) is 0. The molecule has 0 N–H and O–H groups in total. The minimum Gasteiger partial charge on any atom is -0.455 e. The van der Waals surface area contributed by atoms with Crippen molar-refractivity contribution in [3.05, 3.63) is 176 Å². The van der Waals surface area contributed by atoms with Crippen molar-refractivity contribution in [1.82, 2.24) is 33.5 Å². The summed E-state index contributed by atoms with van der Waals surface area (Å²) in [5, 5.41) is 3.32. The van der Waals surface area contributed by atoms with E-state index in [1.165, 1.54) is 0 Å². The topological polar surface area (TPSA) is 79.0 Å². The number of hydrogen-bond donors (Lipinski definition) is 0. The second-order valence-corrected chi connectivity index (χ2v) is 13.9. The largest absolute Gasteiger partial charge is 0.455 e. The fraction of sp³-hybridized carbons (Fsp3) is 0. The molecule has 0 fully saturated rings. The summed E-state index contributed by atoms with van der Waals surface area (Å²) < 4.78 is 12.9. The summed E-state index contributed by atoms with van der Waals surface area (Å²) in [5.41, 5.74) is 11.6. The zero-order valence-electron chi connectivity index (χ0n) is 29.8. The van der Waals surface area contributed by atoms with Gasteiger partial charge in [-0.1, -0.05) is 140 Å². The first kappa shape index (κ1) is 30.6. The molecule has 0 atom stereocenters. The van der Waals surface area contributed by atoms with Gasteiger partial charge in [0.15, 0.2) is 17.3 Å². The van der Waals surface area contributed by atoms with Crippen LogP contribution in [0.1, 0.15) is 0 Å². The number of nitrogens with zero attached hydrogens (tertiary/aromatic N) is 7. The summed E-state index contributed by atoms with van der Waals surface area (Å²) >= 11 is 0. The number of aromatic nitrogens is 7. The van der Waals surface area contributed by atoms with Crippen LogP contribution in [0.5, 0.6) is 0 Å². The van der Waals surface area contributed by atoms with E-state index in [4.69, 9.17) is 24.4 Å². The van der Waals surface area contributed by atoms with E-state index in [1.807, 2.05) is 60.7 Å². The van der Waals surface area contributed by atoms with Crippen molar-refractivity contribution < 1.29 is 4.42 Å². The van der Waals surface area contributed by atoms with Gasteiger partial charge in [0.1, 0.15) is 16.7 Å². The third kappa shape index (κ3) is 4.47. The molecule has 7 aromatic carbocycles. The van der Waals surface area contributed by atoms with Crippen LogP contribution in [0.15, 0.2) is 180 Å². The molecule has 0 radical (unpaired) electrons. The summed E-state index contributed by atoms with van der Waals surface area (Å²) in [6, 6.07) is 60.2. The van der Waals surface area contributed by atoms with Crippen LogP contribution < -0.4 is 0 Å². The SMILES string of the molecule is c1ccc(-c2nc(-c3ccc(-c4cccc5c4oc4ccccc45)cc3)nc(-n3c4ccccc4n4c5c6ccccc6n(-c6ccccc6)c5nc34)n2)cc1. The van der Waals surface area contributed by atoms with E-state index >= 15 is 0 Å². The third-order valence-corrected chi connectivity index (χ3v) is 10.7. The summed E-state index contributed by atoms with van der Waals surface area (Å²) in [6.45, 7) is 0. The Morgan fingerprint density at radius 1 is 0.411 bits per heavy atom. The summed E-state index contributed by atoms with van der Waals surface area (Å²) in [6.07, 6.45) is 0. The molecule has 0 aliphatic carbocycles. The Labute approximate surface area is 319 Å². The van der Waals surface area contributed by atoms with E-state index in [0.717, 1.165) is 88.8 Å². The van der Waals surface area contributed by atoms with Gasteiger partial charge < -0.3 is 4.42 Å².